The minimum atomic E-state index is 0.135. The lowest BCUT2D eigenvalue weighted by atomic mass is 10.2. The Labute approximate surface area is 105 Å². The average Bonchev–Trinajstić information content (AvgIpc) is 3.02. The van der Waals surface area contributed by atoms with Crippen LogP contribution in [0.3, 0.4) is 0 Å². The zero-order valence-corrected chi connectivity index (χ0v) is 9.93. The van der Waals surface area contributed by atoms with Gasteiger partial charge in [-0.25, -0.2) is 10.9 Å². The van der Waals surface area contributed by atoms with Gasteiger partial charge in [0, 0.05) is 38.0 Å². The highest BCUT2D eigenvalue weighted by molar-refractivity contribution is 5.72. The van der Waals surface area contributed by atoms with Gasteiger partial charge in [0.25, 0.3) is 0 Å². The zero-order chi connectivity index (χ0) is 12.5. The average molecular weight is 248 g/mol. The minimum absolute atomic E-state index is 0.135. The molecule has 2 heterocycles. The third-order valence-electron chi connectivity index (χ3n) is 3.12. The van der Waals surface area contributed by atoms with Gasteiger partial charge in [-0.3, -0.25) is 5.01 Å². The maximum Gasteiger partial charge on any atom is 0.143 e. The first-order valence-electron chi connectivity index (χ1n) is 6.02. The summed E-state index contributed by atoms with van der Waals surface area (Å²) in [6, 6.07) is 3.14. The van der Waals surface area contributed by atoms with E-state index in [1.54, 1.807) is 17.1 Å². The van der Waals surface area contributed by atoms with Crippen LogP contribution >= 0.6 is 0 Å². The van der Waals surface area contributed by atoms with Crippen molar-refractivity contribution >= 4 is 11.4 Å². The molecule has 1 saturated heterocycles. The molecule has 0 spiro atoms. The van der Waals surface area contributed by atoms with E-state index >= 15 is 0 Å². The largest absolute Gasteiger partial charge is 0.506 e. The van der Waals surface area contributed by atoms with Crippen LogP contribution in [0.4, 0.5) is 11.4 Å². The molecule has 1 fully saturated rings. The Balaban J connectivity index is 1.94. The number of nitrogens with one attached hydrogen (secondary N) is 2. The fourth-order valence-corrected chi connectivity index (χ4v) is 2.23. The van der Waals surface area contributed by atoms with Crippen LogP contribution in [0.5, 0.6) is 11.5 Å². The predicted molar refractivity (Wildman–Crippen MR) is 69.4 cm³/mol. The predicted octanol–water partition coefficient (Wildman–Crippen LogP) is 0.651. The van der Waals surface area contributed by atoms with Gasteiger partial charge in [0.2, 0.25) is 0 Å². The Hall–Kier alpha value is -1.92. The highest BCUT2D eigenvalue weighted by Crippen LogP contribution is 2.39. The molecular weight excluding hydrogens is 232 g/mol. The van der Waals surface area contributed by atoms with E-state index in [1.165, 1.54) is 0 Å². The molecule has 0 bridgehead atoms. The van der Waals surface area contributed by atoms with Gasteiger partial charge in [-0.2, -0.15) is 0 Å². The molecule has 96 valence electrons. The SMILES string of the molecule is Oc1cc(N2CCCN2)c(O)cc1N1C=CCN1. The van der Waals surface area contributed by atoms with E-state index in [9.17, 15) is 10.2 Å². The fraction of sp³-hybridized carbons (Fsp3) is 0.333. The van der Waals surface area contributed by atoms with E-state index in [0.29, 0.717) is 11.4 Å². The van der Waals surface area contributed by atoms with Crippen molar-refractivity contribution in [2.75, 3.05) is 29.7 Å². The van der Waals surface area contributed by atoms with Crippen molar-refractivity contribution in [2.24, 2.45) is 0 Å². The van der Waals surface area contributed by atoms with E-state index in [-0.39, 0.29) is 11.5 Å². The van der Waals surface area contributed by atoms with Gasteiger partial charge in [0.15, 0.2) is 0 Å². The molecule has 2 aliphatic heterocycles. The molecule has 1 aromatic rings. The summed E-state index contributed by atoms with van der Waals surface area (Å²) >= 11 is 0. The van der Waals surface area contributed by atoms with Crippen molar-refractivity contribution in [1.82, 2.24) is 10.9 Å². The quantitative estimate of drug-likeness (QED) is 0.576. The van der Waals surface area contributed by atoms with Crippen molar-refractivity contribution in [1.29, 1.82) is 0 Å². The summed E-state index contributed by atoms with van der Waals surface area (Å²) in [6.45, 7) is 2.43. The van der Waals surface area contributed by atoms with Crippen LogP contribution in [-0.2, 0) is 0 Å². The Morgan fingerprint density at radius 3 is 2.50 bits per heavy atom. The minimum Gasteiger partial charge on any atom is -0.506 e. The van der Waals surface area contributed by atoms with Crippen molar-refractivity contribution in [3.63, 3.8) is 0 Å². The molecule has 0 atom stereocenters. The standard InChI is InChI=1S/C12H16N4O2/c17-11-8-10(16-6-2-4-14-16)12(18)7-9(11)15-5-1-3-13-15/h1,5,7-8,13-14,17-18H,2-4,6H2. The number of nitrogens with zero attached hydrogens (tertiary/aromatic N) is 2. The van der Waals surface area contributed by atoms with Crippen LogP contribution in [0.2, 0.25) is 0 Å². The topological polar surface area (TPSA) is 71.0 Å². The molecule has 3 rings (SSSR count). The van der Waals surface area contributed by atoms with E-state index < -0.39 is 0 Å². The number of phenolic OH excluding ortho intramolecular Hbond substituents is 2. The Bertz CT molecular complexity index is 483. The van der Waals surface area contributed by atoms with Gasteiger partial charge in [-0.1, -0.05) is 6.08 Å². The van der Waals surface area contributed by atoms with Gasteiger partial charge in [0.05, 0.1) is 5.69 Å². The van der Waals surface area contributed by atoms with E-state index in [4.69, 9.17) is 0 Å². The normalized spacial score (nSPS) is 18.9. The first-order chi connectivity index (χ1) is 8.75. The maximum atomic E-state index is 10.1. The Morgan fingerprint density at radius 1 is 1.06 bits per heavy atom. The van der Waals surface area contributed by atoms with Gasteiger partial charge in [-0.05, 0) is 6.42 Å². The van der Waals surface area contributed by atoms with Gasteiger partial charge >= 0.3 is 0 Å². The lowest BCUT2D eigenvalue weighted by molar-refractivity contribution is 0.458. The summed E-state index contributed by atoms with van der Waals surface area (Å²) in [5, 5.41) is 23.7. The number of rotatable bonds is 2. The molecule has 0 aliphatic carbocycles. The second kappa shape index (κ2) is 4.40. The second-order valence-electron chi connectivity index (χ2n) is 4.36. The summed E-state index contributed by atoms with van der Waals surface area (Å²) < 4.78 is 0. The second-order valence-corrected chi connectivity index (χ2v) is 4.36. The number of aromatic hydroxyl groups is 2. The summed E-state index contributed by atoms with van der Waals surface area (Å²) in [7, 11) is 0. The van der Waals surface area contributed by atoms with Crippen molar-refractivity contribution in [2.45, 2.75) is 6.42 Å². The number of hydrazine groups is 2. The van der Waals surface area contributed by atoms with Gasteiger partial charge in [-0.15, -0.1) is 0 Å². The van der Waals surface area contributed by atoms with Crippen LogP contribution in [0.1, 0.15) is 6.42 Å². The van der Waals surface area contributed by atoms with Crippen molar-refractivity contribution in [3.05, 3.63) is 24.4 Å². The van der Waals surface area contributed by atoms with Crippen molar-refractivity contribution < 1.29 is 10.2 Å². The first-order valence-corrected chi connectivity index (χ1v) is 6.02. The molecule has 0 aromatic heterocycles. The maximum absolute atomic E-state index is 10.1. The molecule has 0 radical (unpaired) electrons. The van der Waals surface area contributed by atoms with Crippen LogP contribution in [0.25, 0.3) is 0 Å². The smallest absolute Gasteiger partial charge is 0.143 e. The lowest BCUT2D eigenvalue weighted by Crippen LogP contribution is -2.31. The zero-order valence-electron chi connectivity index (χ0n) is 9.93. The Kier molecular flexibility index (Phi) is 2.73. The molecule has 0 saturated carbocycles. The summed E-state index contributed by atoms with van der Waals surface area (Å²) in [5.41, 5.74) is 7.35. The number of hydrogen-bond acceptors (Lipinski definition) is 6. The van der Waals surface area contributed by atoms with Gasteiger partial charge < -0.3 is 15.2 Å². The molecule has 1 aromatic carbocycles. The molecule has 0 unspecified atom stereocenters. The van der Waals surface area contributed by atoms with Crippen LogP contribution < -0.4 is 20.9 Å². The van der Waals surface area contributed by atoms with Gasteiger partial charge in [0.1, 0.15) is 17.2 Å². The summed E-state index contributed by atoms with van der Waals surface area (Å²) in [4.78, 5) is 0. The molecular formula is C12H16N4O2. The number of hydrogen-bond donors (Lipinski definition) is 4. The van der Waals surface area contributed by atoms with Crippen LogP contribution in [-0.4, -0.2) is 29.8 Å². The summed E-state index contributed by atoms with van der Waals surface area (Å²) in [6.07, 6.45) is 4.78. The summed E-state index contributed by atoms with van der Waals surface area (Å²) in [5.74, 6) is 0.287. The number of phenols is 2. The fourth-order valence-electron chi connectivity index (χ4n) is 2.23. The molecule has 0 amide bonds. The molecule has 6 nitrogen and oxygen atoms in total. The monoisotopic (exact) mass is 248 g/mol. The van der Waals surface area contributed by atoms with E-state index in [0.717, 1.165) is 26.1 Å². The van der Waals surface area contributed by atoms with E-state index in [1.807, 2.05) is 17.3 Å². The number of anilines is 2. The third-order valence-corrected chi connectivity index (χ3v) is 3.12. The third kappa shape index (κ3) is 1.85. The lowest BCUT2D eigenvalue weighted by Gasteiger charge is -2.23. The Morgan fingerprint density at radius 2 is 1.83 bits per heavy atom. The van der Waals surface area contributed by atoms with Crippen molar-refractivity contribution in [3.8, 4) is 11.5 Å². The molecule has 2 aliphatic rings. The molecule has 18 heavy (non-hydrogen) atoms. The van der Waals surface area contributed by atoms with Crippen LogP contribution in [0.15, 0.2) is 24.4 Å². The van der Waals surface area contributed by atoms with E-state index in [2.05, 4.69) is 10.9 Å². The molecule has 4 N–H and O–H groups in total. The number of benzene rings is 1. The highest BCUT2D eigenvalue weighted by atomic mass is 16.3. The molecule has 6 heteroatoms. The first kappa shape index (κ1) is 11.2. The van der Waals surface area contributed by atoms with Crippen LogP contribution in [0, 0.1) is 0 Å². The highest BCUT2D eigenvalue weighted by Gasteiger charge is 2.20.